The van der Waals surface area contributed by atoms with Gasteiger partial charge < -0.3 is 9.88 Å². The summed E-state index contributed by atoms with van der Waals surface area (Å²) in [6, 6.07) is 0.502. The van der Waals surface area contributed by atoms with E-state index in [4.69, 9.17) is 0 Å². The van der Waals surface area contributed by atoms with Crippen molar-refractivity contribution in [2.75, 3.05) is 23.4 Å². The molecular weight excluding hydrogens is 218 g/mol. The van der Waals surface area contributed by atoms with E-state index in [0.29, 0.717) is 12.0 Å². The van der Waals surface area contributed by atoms with Crippen LogP contribution in [0.25, 0.3) is 0 Å². The lowest BCUT2D eigenvalue weighted by molar-refractivity contribution is 0.605. The third-order valence-corrected chi connectivity index (χ3v) is 3.50. The first-order chi connectivity index (χ1) is 7.65. The highest BCUT2D eigenvalue weighted by molar-refractivity contribution is 7.99. The molecule has 1 aromatic rings. The molecule has 0 aliphatic heterocycles. The summed E-state index contributed by atoms with van der Waals surface area (Å²) in [5, 5.41) is 3.39. The minimum absolute atomic E-state index is 0.502. The lowest BCUT2D eigenvalue weighted by atomic mass is 10.2. The Bertz CT molecular complexity index is 296. The van der Waals surface area contributed by atoms with Crippen LogP contribution in [0.3, 0.4) is 0 Å². The van der Waals surface area contributed by atoms with Crippen molar-refractivity contribution in [3.05, 3.63) is 12.4 Å². The highest BCUT2D eigenvalue weighted by Gasteiger charge is 2.09. The van der Waals surface area contributed by atoms with Gasteiger partial charge in [-0.15, -0.1) is 0 Å². The van der Waals surface area contributed by atoms with Gasteiger partial charge in [-0.1, -0.05) is 20.8 Å². The third-order valence-electron chi connectivity index (χ3n) is 2.38. The molecule has 3 nitrogen and oxygen atoms in total. The molecule has 0 saturated carbocycles. The number of nitrogens with zero attached hydrogens (tertiary/aromatic N) is 2. The summed E-state index contributed by atoms with van der Waals surface area (Å²) in [6.45, 7) is 9.83. The number of anilines is 1. The fourth-order valence-corrected chi connectivity index (χ4v) is 2.21. The number of hydrogen-bond donors (Lipinski definition) is 1. The van der Waals surface area contributed by atoms with Gasteiger partial charge in [0, 0.05) is 30.7 Å². The Morgan fingerprint density at radius 3 is 2.81 bits per heavy atom. The lowest BCUT2D eigenvalue weighted by Crippen LogP contribution is -2.15. The minimum atomic E-state index is 0.502. The van der Waals surface area contributed by atoms with E-state index < -0.39 is 0 Å². The molecule has 92 valence electrons. The van der Waals surface area contributed by atoms with Crippen molar-refractivity contribution in [1.29, 1.82) is 0 Å². The average molecular weight is 241 g/mol. The molecule has 1 unspecified atom stereocenters. The Balaban J connectivity index is 2.55. The quantitative estimate of drug-likeness (QED) is 0.794. The summed E-state index contributed by atoms with van der Waals surface area (Å²) in [6.07, 6.45) is 3.93. The molecule has 0 aliphatic rings. The molecule has 0 aliphatic carbocycles. The zero-order valence-corrected chi connectivity index (χ0v) is 11.5. The number of rotatable bonds is 7. The lowest BCUT2D eigenvalue weighted by Gasteiger charge is -2.17. The topological polar surface area (TPSA) is 29.9 Å². The SMILES string of the molecule is CCSCC(C)n1ccnc1NCC(C)C. The van der Waals surface area contributed by atoms with E-state index >= 15 is 0 Å². The van der Waals surface area contributed by atoms with Crippen LogP contribution in [0.1, 0.15) is 33.7 Å². The monoisotopic (exact) mass is 241 g/mol. The molecule has 0 bridgehead atoms. The first-order valence-corrected chi connectivity index (χ1v) is 7.15. The van der Waals surface area contributed by atoms with E-state index in [1.54, 1.807) is 0 Å². The van der Waals surface area contributed by atoms with Crippen LogP contribution < -0.4 is 5.32 Å². The molecule has 1 heterocycles. The van der Waals surface area contributed by atoms with Crippen molar-refractivity contribution in [3.63, 3.8) is 0 Å². The number of aromatic nitrogens is 2. The Morgan fingerprint density at radius 2 is 2.19 bits per heavy atom. The maximum atomic E-state index is 4.36. The van der Waals surface area contributed by atoms with E-state index in [1.807, 2.05) is 18.0 Å². The third kappa shape index (κ3) is 4.08. The minimum Gasteiger partial charge on any atom is -0.355 e. The van der Waals surface area contributed by atoms with Crippen LogP contribution in [0.15, 0.2) is 12.4 Å². The number of imidazole rings is 1. The van der Waals surface area contributed by atoms with Gasteiger partial charge in [-0.05, 0) is 18.6 Å². The zero-order chi connectivity index (χ0) is 12.0. The molecule has 0 amide bonds. The van der Waals surface area contributed by atoms with Crippen molar-refractivity contribution in [2.24, 2.45) is 5.92 Å². The molecule has 1 rings (SSSR count). The van der Waals surface area contributed by atoms with Crippen molar-refractivity contribution < 1.29 is 0 Å². The number of hydrogen-bond acceptors (Lipinski definition) is 3. The maximum Gasteiger partial charge on any atom is 0.203 e. The van der Waals surface area contributed by atoms with Gasteiger partial charge in [-0.3, -0.25) is 0 Å². The predicted octanol–water partition coefficient (Wildman–Crippen LogP) is 3.27. The van der Waals surface area contributed by atoms with E-state index in [-0.39, 0.29) is 0 Å². The number of nitrogens with one attached hydrogen (secondary N) is 1. The number of thioether (sulfide) groups is 1. The smallest absolute Gasteiger partial charge is 0.203 e. The van der Waals surface area contributed by atoms with Crippen LogP contribution in [0.5, 0.6) is 0 Å². The fourth-order valence-electron chi connectivity index (χ4n) is 1.47. The van der Waals surface area contributed by atoms with Crippen LogP contribution in [0.2, 0.25) is 0 Å². The van der Waals surface area contributed by atoms with Crippen molar-refractivity contribution in [1.82, 2.24) is 9.55 Å². The van der Waals surface area contributed by atoms with Crippen LogP contribution in [0.4, 0.5) is 5.95 Å². The summed E-state index contributed by atoms with van der Waals surface area (Å²) in [7, 11) is 0. The Hall–Kier alpha value is -0.640. The second-order valence-electron chi connectivity index (χ2n) is 4.44. The van der Waals surface area contributed by atoms with Gasteiger partial charge in [0.25, 0.3) is 0 Å². The molecular formula is C12H23N3S. The fraction of sp³-hybridized carbons (Fsp3) is 0.750. The summed E-state index contributed by atoms with van der Waals surface area (Å²) >= 11 is 1.97. The summed E-state index contributed by atoms with van der Waals surface area (Å²) in [4.78, 5) is 4.36. The second-order valence-corrected chi connectivity index (χ2v) is 5.76. The van der Waals surface area contributed by atoms with Crippen LogP contribution in [-0.2, 0) is 0 Å². The predicted molar refractivity (Wildman–Crippen MR) is 73.3 cm³/mol. The zero-order valence-electron chi connectivity index (χ0n) is 10.7. The largest absolute Gasteiger partial charge is 0.355 e. The van der Waals surface area contributed by atoms with Crippen molar-refractivity contribution in [3.8, 4) is 0 Å². The van der Waals surface area contributed by atoms with Gasteiger partial charge in [-0.2, -0.15) is 11.8 Å². The second kappa shape index (κ2) is 6.84. The van der Waals surface area contributed by atoms with Gasteiger partial charge in [0.1, 0.15) is 0 Å². The van der Waals surface area contributed by atoms with Crippen LogP contribution in [0, 0.1) is 5.92 Å². The molecule has 0 spiro atoms. The summed E-state index contributed by atoms with van der Waals surface area (Å²) in [5.41, 5.74) is 0. The van der Waals surface area contributed by atoms with Crippen LogP contribution >= 0.6 is 11.8 Å². The maximum absolute atomic E-state index is 4.36. The molecule has 1 aromatic heterocycles. The van der Waals surface area contributed by atoms with E-state index in [0.717, 1.165) is 18.2 Å². The van der Waals surface area contributed by atoms with Gasteiger partial charge in [0.15, 0.2) is 0 Å². The van der Waals surface area contributed by atoms with Gasteiger partial charge >= 0.3 is 0 Å². The molecule has 1 atom stereocenters. The Morgan fingerprint density at radius 1 is 1.44 bits per heavy atom. The molecule has 0 radical (unpaired) electrons. The molecule has 16 heavy (non-hydrogen) atoms. The Labute approximate surface area is 103 Å². The van der Waals surface area contributed by atoms with E-state index in [9.17, 15) is 0 Å². The first-order valence-electron chi connectivity index (χ1n) is 5.99. The highest BCUT2D eigenvalue weighted by atomic mass is 32.2. The molecule has 0 aromatic carbocycles. The summed E-state index contributed by atoms with van der Waals surface area (Å²) < 4.78 is 2.23. The van der Waals surface area contributed by atoms with Gasteiger partial charge in [0.2, 0.25) is 5.95 Å². The molecule has 0 saturated heterocycles. The first kappa shape index (κ1) is 13.4. The normalized spacial score (nSPS) is 13.1. The standard InChI is InChI=1S/C12H23N3S/c1-5-16-9-11(4)15-7-6-13-12(15)14-8-10(2)3/h6-7,10-11H,5,8-9H2,1-4H3,(H,13,14). The van der Waals surface area contributed by atoms with Crippen molar-refractivity contribution in [2.45, 2.75) is 33.7 Å². The molecule has 0 fully saturated rings. The van der Waals surface area contributed by atoms with Crippen LogP contribution in [-0.4, -0.2) is 27.6 Å². The van der Waals surface area contributed by atoms with Crippen molar-refractivity contribution >= 4 is 17.7 Å². The highest BCUT2D eigenvalue weighted by Crippen LogP contribution is 2.18. The average Bonchev–Trinajstić information content (AvgIpc) is 2.71. The Kier molecular flexibility index (Phi) is 5.74. The van der Waals surface area contributed by atoms with Gasteiger partial charge in [-0.25, -0.2) is 4.98 Å². The van der Waals surface area contributed by atoms with E-state index in [2.05, 4.69) is 48.8 Å². The molecule has 1 N–H and O–H groups in total. The van der Waals surface area contributed by atoms with E-state index in [1.165, 1.54) is 5.75 Å². The molecule has 4 heteroatoms. The van der Waals surface area contributed by atoms with Gasteiger partial charge in [0.05, 0.1) is 0 Å². The summed E-state index contributed by atoms with van der Waals surface area (Å²) in [5.74, 6) is 3.96.